The number of aromatic nitrogens is 2. The Hall–Kier alpha value is -2.04. The largest absolute Gasteiger partial charge is 0.444 e. The SMILES string of the molecule is C=C(/C=C\C)c1nc2c([nH]1)CCN(C(=O)OC(C)(C)C)CC2. The zero-order valence-electron chi connectivity index (χ0n) is 13.9. The van der Waals surface area contributed by atoms with Crippen LogP contribution in [0.15, 0.2) is 18.7 Å². The lowest BCUT2D eigenvalue weighted by atomic mass is 10.2. The molecule has 0 bridgehead atoms. The van der Waals surface area contributed by atoms with Crippen LogP contribution in [0, 0.1) is 0 Å². The third-order valence-corrected chi connectivity index (χ3v) is 3.44. The summed E-state index contributed by atoms with van der Waals surface area (Å²) in [5.41, 5.74) is 2.52. The number of imidazole rings is 1. The summed E-state index contributed by atoms with van der Waals surface area (Å²) >= 11 is 0. The first-order valence-corrected chi connectivity index (χ1v) is 7.68. The summed E-state index contributed by atoms with van der Waals surface area (Å²) in [4.78, 5) is 21.8. The lowest BCUT2D eigenvalue weighted by molar-refractivity contribution is 0.0258. The van der Waals surface area contributed by atoms with E-state index in [9.17, 15) is 4.79 Å². The second-order valence-corrected chi connectivity index (χ2v) is 6.50. The summed E-state index contributed by atoms with van der Waals surface area (Å²) in [5, 5.41) is 0. The molecular weight excluding hydrogens is 278 g/mol. The smallest absolute Gasteiger partial charge is 0.410 e. The van der Waals surface area contributed by atoms with E-state index in [-0.39, 0.29) is 6.09 Å². The molecule has 0 aliphatic carbocycles. The molecule has 2 rings (SSSR count). The highest BCUT2D eigenvalue weighted by Crippen LogP contribution is 2.19. The Balaban J connectivity index is 2.04. The molecule has 0 saturated carbocycles. The maximum absolute atomic E-state index is 12.1. The van der Waals surface area contributed by atoms with Crippen molar-refractivity contribution in [2.45, 2.75) is 46.1 Å². The summed E-state index contributed by atoms with van der Waals surface area (Å²) in [6.45, 7) is 12.9. The van der Waals surface area contributed by atoms with Crippen LogP contribution < -0.4 is 0 Å². The zero-order valence-corrected chi connectivity index (χ0v) is 13.9. The fourth-order valence-corrected chi connectivity index (χ4v) is 2.40. The highest BCUT2D eigenvalue weighted by atomic mass is 16.6. The lowest BCUT2D eigenvalue weighted by Gasteiger charge is -2.26. The van der Waals surface area contributed by atoms with Gasteiger partial charge in [0.05, 0.1) is 5.69 Å². The van der Waals surface area contributed by atoms with Crippen molar-refractivity contribution in [1.82, 2.24) is 14.9 Å². The number of nitrogens with one attached hydrogen (secondary N) is 1. The Morgan fingerprint density at radius 3 is 2.68 bits per heavy atom. The number of fused-ring (bicyclic) bond motifs is 1. The quantitative estimate of drug-likeness (QED) is 0.853. The molecule has 0 unspecified atom stereocenters. The number of hydrogen-bond acceptors (Lipinski definition) is 3. The normalized spacial score (nSPS) is 15.5. The average molecular weight is 303 g/mol. The molecule has 120 valence electrons. The fraction of sp³-hybridized carbons (Fsp3) is 0.529. The first-order chi connectivity index (χ1) is 10.3. The molecule has 22 heavy (non-hydrogen) atoms. The summed E-state index contributed by atoms with van der Waals surface area (Å²) in [7, 11) is 0. The van der Waals surface area contributed by atoms with E-state index in [0.29, 0.717) is 13.1 Å². The van der Waals surface area contributed by atoms with Gasteiger partial charge in [0.15, 0.2) is 0 Å². The number of amides is 1. The highest BCUT2D eigenvalue weighted by molar-refractivity contribution is 5.69. The Kier molecular flexibility index (Phi) is 4.74. The van der Waals surface area contributed by atoms with Crippen LogP contribution in [0.2, 0.25) is 0 Å². The van der Waals surface area contributed by atoms with Gasteiger partial charge in [0.1, 0.15) is 11.4 Å². The number of aromatic amines is 1. The molecule has 1 aromatic heterocycles. The molecule has 5 heteroatoms. The molecule has 1 aromatic rings. The van der Waals surface area contributed by atoms with E-state index in [4.69, 9.17) is 4.74 Å². The van der Waals surface area contributed by atoms with Gasteiger partial charge in [-0.05, 0) is 27.7 Å². The fourth-order valence-electron chi connectivity index (χ4n) is 2.40. The van der Waals surface area contributed by atoms with Crippen LogP contribution in [0.25, 0.3) is 5.57 Å². The second kappa shape index (κ2) is 6.38. The van der Waals surface area contributed by atoms with Gasteiger partial charge in [-0.25, -0.2) is 9.78 Å². The molecule has 1 N–H and O–H groups in total. The Bertz CT molecular complexity index is 568. The predicted octanol–water partition coefficient (Wildman–Crippen LogP) is 3.33. The third-order valence-electron chi connectivity index (χ3n) is 3.44. The number of carbonyl (C=O) groups excluding carboxylic acids is 1. The Morgan fingerprint density at radius 1 is 1.36 bits per heavy atom. The molecule has 0 saturated heterocycles. The number of carbonyl (C=O) groups is 1. The molecule has 0 spiro atoms. The van der Waals surface area contributed by atoms with Gasteiger partial charge in [-0.2, -0.15) is 0 Å². The number of allylic oxidation sites excluding steroid dienone is 3. The minimum absolute atomic E-state index is 0.254. The molecular formula is C17H25N3O2. The van der Waals surface area contributed by atoms with Gasteiger partial charge in [-0.15, -0.1) is 0 Å². The number of nitrogens with zero attached hydrogens (tertiary/aromatic N) is 2. The molecule has 1 aliphatic heterocycles. The summed E-state index contributed by atoms with van der Waals surface area (Å²) in [6, 6.07) is 0. The van der Waals surface area contributed by atoms with Gasteiger partial charge in [0, 0.05) is 37.2 Å². The molecule has 1 aliphatic rings. The van der Waals surface area contributed by atoms with E-state index < -0.39 is 5.60 Å². The summed E-state index contributed by atoms with van der Waals surface area (Å²) < 4.78 is 5.44. The van der Waals surface area contributed by atoms with Gasteiger partial charge < -0.3 is 14.6 Å². The van der Waals surface area contributed by atoms with E-state index in [0.717, 1.165) is 35.6 Å². The highest BCUT2D eigenvalue weighted by Gasteiger charge is 2.25. The van der Waals surface area contributed by atoms with Crippen molar-refractivity contribution >= 4 is 11.7 Å². The molecule has 0 radical (unpaired) electrons. The maximum atomic E-state index is 12.1. The molecule has 0 fully saturated rings. The van der Waals surface area contributed by atoms with Crippen LogP contribution in [0.1, 0.15) is 44.9 Å². The summed E-state index contributed by atoms with van der Waals surface area (Å²) in [5.74, 6) is 0.814. The van der Waals surface area contributed by atoms with Crippen molar-refractivity contribution in [2.75, 3.05) is 13.1 Å². The number of H-pyrrole nitrogens is 1. The maximum Gasteiger partial charge on any atom is 0.410 e. The van der Waals surface area contributed by atoms with Crippen LogP contribution in [0.4, 0.5) is 4.79 Å². The van der Waals surface area contributed by atoms with Gasteiger partial charge in [0.2, 0.25) is 0 Å². The minimum atomic E-state index is -0.465. The number of hydrogen-bond donors (Lipinski definition) is 1. The predicted molar refractivity (Wildman–Crippen MR) is 87.7 cm³/mol. The van der Waals surface area contributed by atoms with Crippen LogP contribution in [-0.2, 0) is 17.6 Å². The first-order valence-electron chi connectivity index (χ1n) is 7.68. The topological polar surface area (TPSA) is 58.2 Å². The van der Waals surface area contributed by atoms with E-state index in [1.165, 1.54) is 0 Å². The van der Waals surface area contributed by atoms with E-state index >= 15 is 0 Å². The Morgan fingerprint density at radius 2 is 2.05 bits per heavy atom. The van der Waals surface area contributed by atoms with Crippen LogP contribution in [0.3, 0.4) is 0 Å². The lowest BCUT2D eigenvalue weighted by Crippen LogP contribution is -2.38. The molecule has 5 nitrogen and oxygen atoms in total. The first kappa shape index (κ1) is 16.3. The third kappa shape index (κ3) is 4.00. The average Bonchev–Trinajstić information content (AvgIpc) is 2.71. The van der Waals surface area contributed by atoms with Crippen molar-refractivity contribution in [2.24, 2.45) is 0 Å². The van der Waals surface area contributed by atoms with Gasteiger partial charge in [0.25, 0.3) is 0 Å². The van der Waals surface area contributed by atoms with Gasteiger partial charge in [-0.1, -0.05) is 18.7 Å². The summed E-state index contributed by atoms with van der Waals surface area (Å²) in [6.07, 6.45) is 5.11. The van der Waals surface area contributed by atoms with E-state index in [1.54, 1.807) is 4.90 Å². The number of rotatable bonds is 2. The van der Waals surface area contributed by atoms with Crippen LogP contribution in [0.5, 0.6) is 0 Å². The van der Waals surface area contributed by atoms with Crippen molar-refractivity contribution in [3.05, 3.63) is 35.9 Å². The van der Waals surface area contributed by atoms with Crippen molar-refractivity contribution in [1.29, 1.82) is 0 Å². The minimum Gasteiger partial charge on any atom is -0.444 e. The second-order valence-electron chi connectivity index (χ2n) is 6.50. The standard InChI is InChI=1S/C17H25N3O2/c1-6-7-12(2)15-18-13-8-10-20(11-9-14(13)19-15)16(21)22-17(3,4)5/h6-7H,2,8-11H2,1,3-5H3,(H,18,19)/b7-6-. The van der Waals surface area contributed by atoms with E-state index in [1.807, 2.05) is 39.8 Å². The van der Waals surface area contributed by atoms with Crippen LogP contribution in [-0.4, -0.2) is 39.7 Å². The number of ether oxygens (including phenoxy) is 1. The van der Waals surface area contributed by atoms with Crippen molar-refractivity contribution < 1.29 is 9.53 Å². The molecule has 1 amide bonds. The zero-order chi connectivity index (χ0) is 16.3. The van der Waals surface area contributed by atoms with E-state index in [2.05, 4.69) is 16.5 Å². The monoisotopic (exact) mass is 303 g/mol. The van der Waals surface area contributed by atoms with Gasteiger partial charge in [-0.3, -0.25) is 0 Å². The van der Waals surface area contributed by atoms with Gasteiger partial charge >= 0.3 is 6.09 Å². The molecule has 0 atom stereocenters. The Labute approximate surface area is 132 Å². The van der Waals surface area contributed by atoms with Crippen molar-refractivity contribution in [3.63, 3.8) is 0 Å². The molecule has 2 heterocycles. The van der Waals surface area contributed by atoms with Crippen molar-refractivity contribution in [3.8, 4) is 0 Å². The molecule has 0 aromatic carbocycles. The van der Waals surface area contributed by atoms with Crippen LogP contribution >= 0.6 is 0 Å².